The maximum atomic E-state index is 11.2. The summed E-state index contributed by atoms with van der Waals surface area (Å²) in [5, 5.41) is 0. The molecule has 0 saturated heterocycles. The summed E-state index contributed by atoms with van der Waals surface area (Å²) in [5.74, 6) is -0.212. The number of esters is 1. The molecule has 0 aliphatic heterocycles. The van der Waals surface area contributed by atoms with Gasteiger partial charge in [-0.1, -0.05) is 6.08 Å². The Labute approximate surface area is 81.3 Å². The zero-order valence-electron chi connectivity index (χ0n) is 8.23. The van der Waals surface area contributed by atoms with Crippen LogP contribution < -0.4 is 4.74 Å². The summed E-state index contributed by atoms with van der Waals surface area (Å²) in [6.45, 7) is 1.81. The fourth-order valence-corrected chi connectivity index (χ4v) is 0.900. The molecule has 5 nitrogen and oxygen atoms in total. The second-order valence-electron chi connectivity index (χ2n) is 2.38. The van der Waals surface area contributed by atoms with Crippen molar-refractivity contribution < 1.29 is 18.7 Å². The SMILES string of the molecule is C/C=C\c1nc(C(=O)OC)c(OC)o1. The van der Waals surface area contributed by atoms with Crippen LogP contribution in [0.1, 0.15) is 23.3 Å². The Kier molecular flexibility index (Phi) is 3.28. The minimum absolute atomic E-state index is 0.0445. The largest absolute Gasteiger partial charge is 0.467 e. The molecule has 0 N–H and O–H groups in total. The van der Waals surface area contributed by atoms with Crippen LogP contribution in [-0.4, -0.2) is 25.2 Å². The lowest BCUT2D eigenvalue weighted by Crippen LogP contribution is -2.03. The molecule has 0 spiro atoms. The van der Waals surface area contributed by atoms with Gasteiger partial charge >= 0.3 is 11.9 Å². The van der Waals surface area contributed by atoms with Gasteiger partial charge in [0, 0.05) is 0 Å². The van der Waals surface area contributed by atoms with Crippen molar-refractivity contribution in [1.29, 1.82) is 0 Å². The highest BCUT2D eigenvalue weighted by Crippen LogP contribution is 2.20. The lowest BCUT2D eigenvalue weighted by atomic mass is 10.5. The molecule has 0 radical (unpaired) electrons. The molecule has 0 unspecified atom stereocenters. The van der Waals surface area contributed by atoms with Crippen LogP contribution in [0.15, 0.2) is 10.5 Å². The lowest BCUT2D eigenvalue weighted by molar-refractivity contribution is 0.0588. The van der Waals surface area contributed by atoms with Gasteiger partial charge in [-0.05, 0) is 13.0 Å². The number of allylic oxidation sites excluding steroid dienone is 1. The minimum Gasteiger partial charge on any atom is -0.467 e. The van der Waals surface area contributed by atoms with E-state index in [0.717, 1.165) is 0 Å². The topological polar surface area (TPSA) is 61.6 Å². The maximum Gasteiger partial charge on any atom is 0.364 e. The average molecular weight is 197 g/mol. The Bertz CT molecular complexity index is 354. The van der Waals surface area contributed by atoms with E-state index in [4.69, 9.17) is 9.15 Å². The van der Waals surface area contributed by atoms with E-state index in [1.807, 2.05) is 6.92 Å². The van der Waals surface area contributed by atoms with Gasteiger partial charge in [0.05, 0.1) is 14.2 Å². The zero-order chi connectivity index (χ0) is 10.6. The predicted octanol–water partition coefficient (Wildman–Crippen LogP) is 1.50. The van der Waals surface area contributed by atoms with E-state index < -0.39 is 5.97 Å². The maximum absolute atomic E-state index is 11.2. The van der Waals surface area contributed by atoms with Gasteiger partial charge in [-0.3, -0.25) is 0 Å². The predicted molar refractivity (Wildman–Crippen MR) is 49.1 cm³/mol. The zero-order valence-corrected chi connectivity index (χ0v) is 8.23. The quantitative estimate of drug-likeness (QED) is 0.687. The molecule has 0 amide bonds. The number of nitrogens with zero attached hydrogens (tertiary/aromatic N) is 1. The number of hydrogen-bond acceptors (Lipinski definition) is 5. The molecule has 0 aliphatic carbocycles. The van der Waals surface area contributed by atoms with Crippen molar-refractivity contribution in [3.63, 3.8) is 0 Å². The Balaban J connectivity index is 3.08. The van der Waals surface area contributed by atoms with Crippen LogP contribution in [0.4, 0.5) is 0 Å². The normalized spacial score (nSPS) is 10.5. The van der Waals surface area contributed by atoms with Gasteiger partial charge < -0.3 is 13.9 Å². The molecule has 1 aromatic heterocycles. The van der Waals surface area contributed by atoms with Crippen molar-refractivity contribution in [2.45, 2.75) is 6.92 Å². The molecule has 0 atom stereocenters. The number of carbonyl (C=O) groups excluding carboxylic acids is 1. The summed E-state index contributed by atoms with van der Waals surface area (Å²) >= 11 is 0. The third kappa shape index (κ3) is 1.93. The van der Waals surface area contributed by atoms with Crippen LogP contribution in [0.5, 0.6) is 5.95 Å². The minimum atomic E-state index is -0.582. The number of hydrogen-bond donors (Lipinski definition) is 0. The van der Waals surface area contributed by atoms with E-state index in [-0.39, 0.29) is 11.6 Å². The van der Waals surface area contributed by atoms with E-state index in [1.165, 1.54) is 14.2 Å². The Hall–Kier alpha value is -1.78. The summed E-state index contributed by atoms with van der Waals surface area (Å²) in [6, 6.07) is 0. The number of carbonyl (C=O) groups is 1. The first-order valence-corrected chi connectivity index (χ1v) is 3.98. The summed E-state index contributed by atoms with van der Waals surface area (Å²) in [6.07, 6.45) is 3.36. The van der Waals surface area contributed by atoms with Gasteiger partial charge in [0.15, 0.2) is 0 Å². The van der Waals surface area contributed by atoms with Crippen LogP contribution in [-0.2, 0) is 4.74 Å². The molecular weight excluding hydrogens is 186 g/mol. The van der Waals surface area contributed by atoms with Crippen molar-refractivity contribution in [3.05, 3.63) is 17.7 Å². The van der Waals surface area contributed by atoms with Gasteiger partial charge in [-0.25, -0.2) is 4.79 Å². The summed E-state index contributed by atoms with van der Waals surface area (Å²) in [7, 11) is 2.66. The number of ether oxygens (including phenoxy) is 2. The Morgan fingerprint density at radius 3 is 2.71 bits per heavy atom. The first-order chi connectivity index (χ1) is 6.72. The van der Waals surface area contributed by atoms with Crippen LogP contribution in [0.3, 0.4) is 0 Å². The van der Waals surface area contributed by atoms with Crippen LogP contribution in [0, 0.1) is 0 Å². The number of methoxy groups -OCH3 is 2. The highest BCUT2D eigenvalue weighted by Gasteiger charge is 2.20. The van der Waals surface area contributed by atoms with Crippen LogP contribution in [0.2, 0.25) is 0 Å². The van der Waals surface area contributed by atoms with Gasteiger partial charge in [-0.2, -0.15) is 4.98 Å². The third-order valence-corrected chi connectivity index (χ3v) is 1.49. The first kappa shape index (κ1) is 10.3. The van der Waals surface area contributed by atoms with Gasteiger partial charge in [0.2, 0.25) is 11.6 Å². The van der Waals surface area contributed by atoms with Crippen molar-refractivity contribution in [1.82, 2.24) is 4.98 Å². The number of rotatable bonds is 3. The monoisotopic (exact) mass is 197 g/mol. The van der Waals surface area contributed by atoms with Gasteiger partial charge in [0.25, 0.3) is 0 Å². The molecule has 76 valence electrons. The standard InChI is InChI=1S/C9H11NO4/c1-4-5-6-10-7(8(11)12-2)9(13-3)14-6/h4-5H,1-3H3/b5-4-. The van der Waals surface area contributed by atoms with E-state index in [0.29, 0.717) is 5.89 Å². The average Bonchev–Trinajstić information content (AvgIpc) is 2.60. The molecule has 5 heteroatoms. The van der Waals surface area contributed by atoms with Crippen LogP contribution in [0.25, 0.3) is 6.08 Å². The Morgan fingerprint density at radius 2 is 2.21 bits per heavy atom. The second kappa shape index (κ2) is 4.45. The van der Waals surface area contributed by atoms with Crippen molar-refractivity contribution in [3.8, 4) is 5.95 Å². The molecular formula is C9H11NO4. The van der Waals surface area contributed by atoms with Crippen LogP contribution >= 0.6 is 0 Å². The van der Waals surface area contributed by atoms with E-state index in [2.05, 4.69) is 9.72 Å². The fourth-order valence-electron chi connectivity index (χ4n) is 0.900. The smallest absolute Gasteiger partial charge is 0.364 e. The molecule has 0 fully saturated rings. The van der Waals surface area contributed by atoms with E-state index in [1.54, 1.807) is 12.2 Å². The third-order valence-electron chi connectivity index (χ3n) is 1.49. The highest BCUT2D eigenvalue weighted by molar-refractivity contribution is 5.89. The summed E-state index contributed by atoms with van der Waals surface area (Å²) in [5.41, 5.74) is 0.0445. The molecule has 1 aromatic rings. The highest BCUT2D eigenvalue weighted by atomic mass is 16.6. The molecule has 0 aromatic carbocycles. The van der Waals surface area contributed by atoms with E-state index in [9.17, 15) is 4.79 Å². The van der Waals surface area contributed by atoms with Crippen molar-refractivity contribution >= 4 is 12.0 Å². The second-order valence-corrected chi connectivity index (χ2v) is 2.38. The molecule has 1 heterocycles. The van der Waals surface area contributed by atoms with E-state index >= 15 is 0 Å². The molecule has 1 rings (SSSR count). The van der Waals surface area contributed by atoms with Gasteiger partial charge in [-0.15, -0.1) is 0 Å². The first-order valence-electron chi connectivity index (χ1n) is 3.98. The molecule has 0 bridgehead atoms. The molecule has 0 aliphatic rings. The lowest BCUT2D eigenvalue weighted by Gasteiger charge is -1.95. The van der Waals surface area contributed by atoms with Crippen molar-refractivity contribution in [2.75, 3.05) is 14.2 Å². The van der Waals surface area contributed by atoms with Crippen molar-refractivity contribution in [2.24, 2.45) is 0 Å². The number of aromatic nitrogens is 1. The number of oxazole rings is 1. The fraction of sp³-hybridized carbons (Fsp3) is 0.333. The van der Waals surface area contributed by atoms with Gasteiger partial charge in [0.1, 0.15) is 0 Å². The molecule has 14 heavy (non-hydrogen) atoms. The Morgan fingerprint density at radius 1 is 1.50 bits per heavy atom. The summed E-state index contributed by atoms with van der Waals surface area (Å²) < 4.78 is 14.4. The molecule has 0 saturated carbocycles. The summed E-state index contributed by atoms with van der Waals surface area (Å²) in [4.78, 5) is 15.1.